The second kappa shape index (κ2) is 11.0. The van der Waals surface area contributed by atoms with E-state index in [1.54, 1.807) is 32.2 Å². The van der Waals surface area contributed by atoms with E-state index in [-0.39, 0.29) is 29.3 Å². The number of likely N-dealkylation sites (N-methyl/N-ethyl adjacent to an activating group) is 1. The zero-order valence-electron chi connectivity index (χ0n) is 18.2. The van der Waals surface area contributed by atoms with E-state index in [0.717, 1.165) is 5.56 Å². The number of carbonyl (C=O) groups excluding carboxylic acids is 3. The standard InChI is InChI=1S/C22H26N2O7/c1-24(12-15-6-8-16(28-2)11-19(15)29-3)13-20(25)23-18-10-14(21(26)30-4)7-9-17(18)22(27)31-5/h6-11H,12-13H2,1-5H3,(H,23,25). The van der Waals surface area contributed by atoms with Crippen molar-refractivity contribution in [3.8, 4) is 11.5 Å². The van der Waals surface area contributed by atoms with Crippen LogP contribution in [0.3, 0.4) is 0 Å². The van der Waals surface area contributed by atoms with Crippen molar-refractivity contribution in [1.82, 2.24) is 4.90 Å². The Labute approximate surface area is 180 Å². The molecule has 2 aromatic carbocycles. The predicted octanol–water partition coefficient (Wildman–Crippen LogP) is 2.35. The predicted molar refractivity (Wildman–Crippen MR) is 114 cm³/mol. The molecular formula is C22H26N2O7. The Hall–Kier alpha value is -3.59. The summed E-state index contributed by atoms with van der Waals surface area (Å²) in [5.74, 6) is -0.284. The van der Waals surface area contributed by atoms with Gasteiger partial charge in [-0.3, -0.25) is 9.69 Å². The monoisotopic (exact) mass is 430 g/mol. The number of benzene rings is 2. The molecule has 0 aliphatic heterocycles. The van der Waals surface area contributed by atoms with Crippen molar-refractivity contribution in [2.75, 3.05) is 47.3 Å². The first-order valence-corrected chi connectivity index (χ1v) is 9.32. The van der Waals surface area contributed by atoms with Crippen LogP contribution >= 0.6 is 0 Å². The summed E-state index contributed by atoms with van der Waals surface area (Å²) in [4.78, 5) is 38.2. The summed E-state index contributed by atoms with van der Waals surface area (Å²) in [6, 6.07) is 9.65. The minimum Gasteiger partial charge on any atom is -0.497 e. The van der Waals surface area contributed by atoms with Crippen LogP contribution in [0.1, 0.15) is 26.3 Å². The highest BCUT2D eigenvalue weighted by Crippen LogP contribution is 2.25. The van der Waals surface area contributed by atoms with Crippen molar-refractivity contribution in [2.45, 2.75) is 6.54 Å². The van der Waals surface area contributed by atoms with Gasteiger partial charge >= 0.3 is 11.9 Å². The summed E-state index contributed by atoms with van der Waals surface area (Å²) in [5, 5.41) is 2.67. The van der Waals surface area contributed by atoms with Gasteiger partial charge < -0.3 is 24.3 Å². The number of anilines is 1. The van der Waals surface area contributed by atoms with Gasteiger partial charge in [0.05, 0.1) is 51.8 Å². The molecule has 9 heteroatoms. The molecule has 0 unspecified atom stereocenters. The normalized spacial score (nSPS) is 10.4. The molecule has 0 fully saturated rings. The molecule has 9 nitrogen and oxygen atoms in total. The fourth-order valence-corrected chi connectivity index (χ4v) is 2.94. The summed E-state index contributed by atoms with van der Waals surface area (Å²) >= 11 is 0. The fraction of sp³-hybridized carbons (Fsp3) is 0.318. The molecule has 166 valence electrons. The van der Waals surface area contributed by atoms with Crippen LogP contribution in [-0.2, 0) is 20.8 Å². The number of ether oxygens (including phenoxy) is 4. The summed E-state index contributed by atoms with van der Waals surface area (Å²) in [5.41, 5.74) is 1.36. The quantitative estimate of drug-likeness (QED) is 0.605. The van der Waals surface area contributed by atoms with Crippen LogP contribution in [0.5, 0.6) is 11.5 Å². The number of carbonyl (C=O) groups is 3. The molecule has 0 heterocycles. The largest absolute Gasteiger partial charge is 0.497 e. The van der Waals surface area contributed by atoms with E-state index in [9.17, 15) is 14.4 Å². The highest BCUT2D eigenvalue weighted by atomic mass is 16.5. The molecule has 2 aromatic rings. The Balaban J connectivity index is 2.14. The third-order valence-electron chi connectivity index (χ3n) is 4.47. The number of nitrogens with zero attached hydrogens (tertiary/aromatic N) is 1. The molecule has 0 aliphatic rings. The minimum absolute atomic E-state index is 0.0260. The number of hydrogen-bond acceptors (Lipinski definition) is 8. The van der Waals surface area contributed by atoms with Gasteiger partial charge in [0.15, 0.2) is 0 Å². The van der Waals surface area contributed by atoms with Crippen LogP contribution in [-0.4, -0.2) is 64.8 Å². The van der Waals surface area contributed by atoms with E-state index < -0.39 is 11.9 Å². The Kier molecular flexibility index (Phi) is 8.39. The van der Waals surface area contributed by atoms with E-state index in [4.69, 9.17) is 18.9 Å². The van der Waals surface area contributed by atoms with Crippen LogP contribution in [0.4, 0.5) is 5.69 Å². The molecule has 0 aromatic heterocycles. The van der Waals surface area contributed by atoms with E-state index >= 15 is 0 Å². The van der Waals surface area contributed by atoms with Crippen molar-refractivity contribution < 1.29 is 33.3 Å². The number of amides is 1. The molecular weight excluding hydrogens is 404 g/mol. The Morgan fingerprint density at radius 2 is 1.61 bits per heavy atom. The number of hydrogen-bond donors (Lipinski definition) is 1. The lowest BCUT2D eigenvalue weighted by atomic mass is 10.1. The average Bonchev–Trinajstić information content (AvgIpc) is 2.77. The van der Waals surface area contributed by atoms with Crippen molar-refractivity contribution in [1.29, 1.82) is 0 Å². The van der Waals surface area contributed by atoms with Crippen LogP contribution in [0.2, 0.25) is 0 Å². The SMILES string of the molecule is COC(=O)c1ccc(C(=O)OC)c(NC(=O)CN(C)Cc2ccc(OC)cc2OC)c1. The zero-order valence-corrected chi connectivity index (χ0v) is 18.2. The Morgan fingerprint density at radius 1 is 0.903 bits per heavy atom. The molecule has 1 N–H and O–H groups in total. The molecule has 0 saturated heterocycles. The van der Waals surface area contributed by atoms with Gasteiger partial charge in [-0.25, -0.2) is 9.59 Å². The molecule has 31 heavy (non-hydrogen) atoms. The summed E-state index contributed by atoms with van der Waals surface area (Å²) < 4.78 is 20.0. The summed E-state index contributed by atoms with van der Waals surface area (Å²) in [6.45, 7) is 0.463. The number of rotatable bonds is 9. The molecule has 0 aliphatic carbocycles. The molecule has 0 radical (unpaired) electrons. The number of methoxy groups -OCH3 is 4. The fourth-order valence-electron chi connectivity index (χ4n) is 2.94. The second-order valence-electron chi connectivity index (χ2n) is 6.64. The van der Waals surface area contributed by atoms with Gasteiger partial charge in [-0.15, -0.1) is 0 Å². The Morgan fingerprint density at radius 3 is 2.23 bits per heavy atom. The van der Waals surface area contributed by atoms with Crippen LogP contribution < -0.4 is 14.8 Å². The third kappa shape index (κ3) is 6.19. The maximum atomic E-state index is 12.6. The van der Waals surface area contributed by atoms with Crippen LogP contribution in [0.15, 0.2) is 36.4 Å². The number of nitrogens with one attached hydrogen (secondary N) is 1. The molecule has 0 saturated carbocycles. The third-order valence-corrected chi connectivity index (χ3v) is 4.47. The van der Waals surface area contributed by atoms with Gasteiger partial charge in [0, 0.05) is 18.2 Å². The smallest absolute Gasteiger partial charge is 0.339 e. The molecule has 0 bridgehead atoms. The lowest BCUT2D eigenvalue weighted by Crippen LogP contribution is -2.30. The molecule has 0 spiro atoms. The molecule has 0 atom stereocenters. The van der Waals surface area contributed by atoms with Crippen LogP contribution in [0, 0.1) is 0 Å². The first-order chi connectivity index (χ1) is 14.8. The molecule has 2 rings (SSSR count). The van der Waals surface area contributed by atoms with E-state index in [1.165, 1.54) is 32.4 Å². The van der Waals surface area contributed by atoms with Crippen molar-refractivity contribution in [2.24, 2.45) is 0 Å². The van der Waals surface area contributed by atoms with Crippen molar-refractivity contribution in [3.05, 3.63) is 53.1 Å². The van der Waals surface area contributed by atoms with Gasteiger partial charge in [-0.1, -0.05) is 6.07 Å². The maximum absolute atomic E-state index is 12.6. The van der Waals surface area contributed by atoms with Crippen molar-refractivity contribution in [3.63, 3.8) is 0 Å². The van der Waals surface area contributed by atoms with E-state index in [1.807, 2.05) is 12.1 Å². The highest BCUT2D eigenvalue weighted by molar-refractivity contribution is 6.03. The lowest BCUT2D eigenvalue weighted by molar-refractivity contribution is -0.117. The summed E-state index contributed by atoms with van der Waals surface area (Å²) in [6.07, 6.45) is 0. The van der Waals surface area contributed by atoms with Gasteiger partial charge in [0.1, 0.15) is 11.5 Å². The van der Waals surface area contributed by atoms with Gasteiger partial charge in [0.2, 0.25) is 5.91 Å². The average molecular weight is 430 g/mol. The second-order valence-corrected chi connectivity index (χ2v) is 6.64. The van der Waals surface area contributed by atoms with Crippen LogP contribution in [0.25, 0.3) is 0 Å². The topological polar surface area (TPSA) is 103 Å². The van der Waals surface area contributed by atoms with Gasteiger partial charge in [-0.05, 0) is 31.3 Å². The van der Waals surface area contributed by atoms with Gasteiger partial charge in [-0.2, -0.15) is 0 Å². The zero-order chi connectivity index (χ0) is 23.0. The molecule has 1 amide bonds. The maximum Gasteiger partial charge on any atom is 0.339 e. The number of esters is 2. The summed E-state index contributed by atoms with van der Waals surface area (Å²) in [7, 11) is 7.39. The minimum atomic E-state index is -0.636. The van der Waals surface area contributed by atoms with E-state index in [0.29, 0.717) is 18.0 Å². The van der Waals surface area contributed by atoms with Gasteiger partial charge in [0.25, 0.3) is 0 Å². The van der Waals surface area contributed by atoms with Crippen molar-refractivity contribution >= 4 is 23.5 Å². The first-order valence-electron chi connectivity index (χ1n) is 9.32. The first kappa shape index (κ1) is 23.7. The van der Waals surface area contributed by atoms with E-state index in [2.05, 4.69) is 5.32 Å². The highest BCUT2D eigenvalue weighted by Gasteiger charge is 2.18. The Bertz CT molecular complexity index is 959. The lowest BCUT2D eigenvalue weighted by Gasteiger charge is -2.19.